The quantitative estimate of drug-likeness (QED) is 0.793. The van der Waals surface area contributed by atoms with Gasteiger partial charge in [-0.1, -0.05) is 13.3 Å². The van der Waals surface area contributed by atoms with Crippen LogP contribution in [0.2, 0.25) is 0 Å². The zero-order valence-corrected chi connectivity index (χ0v) is 10.9. The van der Waals surface area contributed by atoms with Crippen LogP contribution < -0.4 is 5.73 Å². The molecule has 2 saturated heterocycles. The minimum absolute atomic E-state index is 0.0342. The Morgan fingerprint density at radius 2 is 2.18 bits per heavy atom. The second-order valence-electron chi connectivity index (χ2n) is 5.40. The first-order valence-electron chi connectivity index (χ1n) is 6.98. The molecule has 0 aromatic rings. The van der Waals surface area contributed by atoms with Crippen molar-refractivity contribution in [1.29, 1.82) is 0 Å². The normalized spacial score (nSPS) is 27.6. The zero-order valence-electron chi connectivity index (χ0n) is 10.9. The van der Waals surface area contributed by atoms with Crippen LogP contribution in [0.5, 0.6) is 0 Å². The van der Waals surface area contributed by atoms with Gasteiger partial charge in [-0.2, -0.15) is 0 Å². The molecule has 2 heterocycles. The fraction of sp³-hybridized carbons (Fsp3) is 0.923. The van der Waals surface area contributed by atoms with Gasteiger partial charge in [0.2, 0.25) is 5.91 Å². The third kappa shape index (κ3) is 3.19. The van der Waals surface area contributed by atoms with Gasteiger partial charge in [0.25, 0.3) is 0 Å². The Morgan fingerprint density at radius 3 is 2.94 bits per heavy atom. The minimum Gasteiger partial charge on any atom is -0.340 e. The van der Waals surface area contributed by atoms with Crippen LogP contribution >= 0.6 is 0 Å². The zero-order chi connectivity index (χ0) is 12.3. The van der Waals surface area contributed by atoms with Gasteiger partial charge in [0.15, 0.2) is 0 Å². The van der Waals surface area contributed by atoms with Gasteiger partial charge in [-0.05, 0) is 25.8 Å². The van der Waals surface area contributed by atoms with E-state index in [2.05, 4.69) is 4.90 Å². The van der Waals surface area contributed by atoms with E-state index in [1.807, 2.05) is 11.8 Å². The van der Waals surface area contributed by atoms with Crippen LogP contribution in [0.1, 0.15) is 39.0 Å². The predicted octanol–water partition coefficient (Wildman–Crippen LogP) is 0.811. The maximum atomic E-state index is 12.1. The average molecular weight is 239 g/mol. The highest BCUT2D eigenvalue weighted by molar-refractivity contribution is 5.77. The van der Waals surface area contributed by atoms with E-state index >= 15 is 0 Å². The van der Waals surface area contributed by atoms with Crippen LogP contribution in [-0.4, -0.2) is 54.0 Å². The minimum atomic E-state index is 0.0342. The highest BCUT2D eigenvalue weighted by Gasteiger charge is 2.30. The molecule has 4 nitrogen and oxygen atoms in total. The summed E-state index contributed by atoms with van der Waals surface area (Å²) >= 11 is 0. The lowest BCUT2D eigenvalue weighted by molar-refractivity contribution is -0.135. The summed E-state index contributed by atoms with van der Waals surface area (Å²) in [5, 5.41) is 0. The number of carbonyl (C=O) groups is 1. The van der Waals surface area contributed by atoms with Gasteiger partial charge in [0.1, 0.15) is 0 Å². The lowest BCUT2D eigenvalue weighted by Gasteiger charge is -2.44. The Morgan fingerprint density at radius 1 is 1.35 bits per heavy atom. The highest BCUT2D eigenvalue weighted by Crippen LogP contribution is 2.21. The Bertz CT molecular complexity index is 269. The molecular weight excluding hydrogens is 214 g/mol. The van der Waals surface area contributed by atoms with E-state index in [9.17, 15) is 4.79 Å². The number of rotatable bonds is 3. The number of piperidine rings is 1. The van der Waals surface area contributed by atoms with E-state index in [1.54, 1.807) is 0 Å². The number of hydrogen-bond acceptors (Lipinski definition) is 3. The second kappa shape index (κ2) is 5.83. The molecule has 98 valence electrons. The van der Waals surface area contributed by atoms with Gasteiger partial charge in [-0.25, -0.2) is 0 Å². The molecule has 2 rings (SSSR count). The molecule has 0 aromatic carbocycles. The number of fused-ring (bicyclic) bond motifs is 1. The summed E-state index contributed by atoms with van der Waals surface area (Å²) in [5.41, 5.74) is 5.85. The van der Waals surface area contributed by atoms with Crippen molar-refractivity contribution in [2.75, 3.05) is 26.2 Å². The molecule has 0 aromatic heterocycles. The van der Waals surface area contributed by atoms with E-state index in [4.69, 9.17) is 5.73 Å². The number of piperazine rings is 1. The lowest BCUT2D eigenvalue weighted by Crippen LogP contribution is -2.56. The molecule has 2 atom stereocenters. The van der Waals surface area contributed by atoms with Crippen molar-refractivity contribution in [1.82, 2.24) is 9.80 Å². The first kappa shape index (κ1) is 12.8. The molecule has 2 unspecified atom stereocenters. The van der Waals surface area contributed by atoms with Crippen LogP contribution in [0, 0.1) is 0 Å². The van der Waals surface area contributed by atoms with Crippen molar-refractivity contribution in [3.8, 4) is 0 Å². The molecule has 0 spiro atoms. The van der Waals surface area contributed by atoms with Crippen molar-refractivity contribution in [3.63, 3.8) is 0 Å². The highest BCUT2D eigenvalue weighted by atomic mass is 16.2. The van der Waals surface area contributed by atoms with Crippen molar-refractivity contribution >= 4 is 5.91 Å². The topological polar surface area (TPSA) is 49.6 Å². The summed E-state index contributed by atoms with van der Waals surface area (Å²) in [6.45, 7) is 6.14. The van der Waals surface area contributed by atoms with E-state index in [1.165, 1.54) is 25.8 Å². The molecule has 2 fully saturated rings. The number of hydrogen-bond donors (Lipinski definition) is 1. The maximum Gasteiger partial charge on any atom is 0.224 e. The van der Waals surface area contributed by atoms with Crippen LogP contribution in [0.4, 0.5) is 0 Å². The Balaban J connectivity index is 1.84. The maximum absolute atomic E-state index is 12.1. The third-order valence-electron chi connectivity index (χ3n) is 4.15. The summed E-state index contributed by atoms with van der Waals surface area (Å²) in [5.74, 6) is 0.254. The van der Waals surface area contributed by atoms with Gasteiger partial charge < -0.3 is 10.6 Å². The number of nitrogens with zero attached hydrogens (tertiary/aromatic N) is 2. The van der Waals surface area contributed by atoms with E-state index in [0.29, 0.717) is 12.5 Å². The lowest BCUT2D eigenvalue weighted by atomic mass is 9.99. The summed E-state index contributed by atoms with van der Waals surface area (Å²) in [6, 6.07) is 0.645. The summed E-state index contributed by atoms with van der Waals surface area (Å²) in [4.78, 5) is 16.6. The Kier molecular flexibility index (Phi) is 4.40. The number of amides is 1. The Hall–Kier alpha value is -0.610. The van der Waals surface area contributed by atoms with E-state index < -0.39 is 0 Å². The molecule has 0 radical (unpaired) electrons. The van der Waals surface area contributed by atoms with Crippen molar-refractivity contribution in [3.05, 3.63) is 0 Å². The fourth-order valence-corrected chi connectivity index (χ4v) is 2.88. The van der Waals surface area contributed by atoms with Gasteiger partial charge in [0.05, 0.1) is 0 Å². The van der Waals surface area contributed by atoms with Crippen LogP contribution in [-0.2, 0) is 4.79 Å². The first-order chi connectivity index (χ1) is 8.20. The second-order valence-corrected chi connectivity index (χ2v) is 5.40. The molecule has 1 amide bonds. The molecule has 0 aliphatic carbocycles. The number of carbonyl (C=O) groups excluding carboxylic acids is 1. The Labute approximate surface area is 104 Å². The van der Waals surface area contributed by atoms with Crippen molar-refractivity contribution < 1.29 is 4.79 Å². The fourth-order valence-electron chi connectivity index (χ4n) is 2.88. The van der Waals surface area contributed by atoms with E-state index in [0.717, 1.165) is 26.1 Å². The molecule has 2 N–H and O–H groups in total. The third-order valence-corrected chi connectivity index (χ3v) is 4.15. The van der Waals surface area contributed by atoms with Crippen LogP contribution in [0.3, 0.4) is 0 Å². The van der Waals surface area contributed by atoms with Gasteiger partial charge in [0, 0.05) is 38.1 Å². The van der Waals surface area contributed by atoms with E-state index in [-0.39, 0.29) is 11.9 Å². The predicted molar refractivity (Wildman–Crippen MR) is 68.7 cm³/mol. The number of nitrogens with two attached hydrogens (primary N) is 1. The molecule has 2 aliphatic heterocycles. The molecule has 0 bridgehead atoms. The van der Waals surface area contributed by atoms with Gasteiger partial charge in [-0.15, -0.1) is 0 Å². The molecule has 4 heteroatoms. The van der Waals surface area contributed by atoms with Gasteiger partial charge >= 0.3 is 0 Å². The van der Waals surface area contributed by atoms with Crippen molar-refractivity contribution in [2.45, 2.75) is 51.1 Å². The van der Waals surface area contributed by atoms with Crippen molar-refractivity contribution in [2.24, 2.45) is 5.73 Å². The molecular formula is C13H25N3O. The monoisotopic (exact) mass is 239 g/mol. The van der Waals surface area contributed by atoms with Gasteiger partial charge in [-0.3, -0.25) is 9.69 Å². The SMILES string of the molecule is CCC(N)CC(=O)N1CCN2CCCCC2C1. The summed E-state index contributed by atoms with van der Waals surface area (Å²) in [7, 11) is 0. The molecule has 0 saturated carbocycles. The average Bonchev–Trinajstić information content (AvgIpc) is 2.38. The smallest absolute Gasteiger partial charge is 0.224 e. The first-order valence-corrected chi connectivity index (χ1v) is 6.98. The summed E-state index contributed by atoms with van der Waals surface area (Å²) < 4.78 is 0. The summed E-state index contributed by atoms with van der Waals surface area (Å²) in [6.07, 6.45) is 5.30. The molecule has 17 heavy (non-hydrogen) atoms. The largest absolute Gasteiger partial charge is 0.340 e. The molecule has 2 aliphatic rings. The standard InChI is InChI=1S/C13H25N3O/c1-2-11(14)9-13(17)16-8-7-15-6-4-3-5-12(15)10-16/h11-12H,2-10,14H2,1H3. The van der Waals surface area contributed by atoms with Crippen LogP contribution in [0.15, 0.2) is 0 Å². The van der Waals surface area contributed by atoms with Crippen LogP contribution in [0.25, 0.3) is 0 Å².